The monoisotopic (exact) mass is 365 g/mol. The average molecular weight is 365 g/mol. The Morgan fingerprint density at radius 1 is 1.15 bits per heavy atom. The van der Waals surface area contributed by atoms with Crippen LogP contribution < -0.4 is 5.43 Å². The molecule has 5 heteroatoms. The molecule has 1 aromatic heterocycles. The molecular weight excluding hydrogens is 338 g/mol. The molecule has 0 radical (unpaired) electrons. The van der Waals surface area contributed by atoms with Gasteiger partial charge < -0.3 is 10.1 Å². The van der Waals surface area contributed by atoms with Crippen molar-refractivity contribution in [2.75, 3.05) is 13.1 Å². The lowest BCUT2D eigenvalue weighted by Crippen LogP contribution is -2.47. The molecule has 0 saturated carbocycles. The van der Waals surface area contributed by atoms with Gasteiger partial charge in [0.1, 0.15) is 0 Å². The van der Waals surface area contributed by atoms with Crippen LogP contribution in [0.3, 0.4) is 0 Å². The smallest absolute Gasteiger partial charge is 0.304 e. The predicted molar refractivity (Wildman–Crippen MR) is 109 cm³/mol. The maximum Gasteiger partial charge on any atom is 0.304 e. The van der Waals surface area contributed by atoms with Crippen molar-refractivity contribution in [2.45, 2.75) is 32.2 Å². The zero-order valence-corrected chi connectivity index (χ0v) is 15.7. The summed E-state index contributed by atoms with van der Waals surface area (Å²) < 4.78 is 0. The summed E-state index contributed by atoms with van der Waals surface area (Å²) in [7, 11) is 0. The molecule has 2 aromatic carbocycles. The summed E-state index contributed by atoms with van der Waals surface area (Å²) >= 11 is 0. The summed E-state index contributed by atoms with van der Waals surface area (Å²) in [6.07, 6.45) is 3.66. The second-order valence-corrected chi connectivity index (χ2v) is 6.80. The molecule has 27 heavy (non-hydrogen) atoms. The minimum absolute atomic E-state index is 0.0847. The molecule has 0 fully saturated rings. The van der Waals surface area contributed by atoms with E-state index in [0.29, 0.717) is 6.42 Å². The first kappa shape index (κ1) is 19.1. The van der Waals surface area contributed by atoms with Crippen LogP contribution in [-0.4, -0.2) is 40.2 Å². The van der Waals surface area contributed by atoms with E-state index in [4.69, 9.17) is 0 Å². The number of fused-ring (bicyclic) bond motifs is 1. The number of nitrogens with one attached hydrogen (secondary N) is 2. The Hall–Kier alpha value is -2.63. The number of H-pyrrole nitrogens is 1. The number of carbonyl (C=O) groups is 1. The van der Waals surface area contributed by atoms with E-state index < -0.39 is 5.97 Å². The van der Waals surface area contributed by atoms with E-state index in [1.54, 1.807) is 0 Å². The largest absolute Gasteiger partial charge is 0.481 e. The molecule has 1 atom stereocenters. The van der Waals surface area contributed by atoms with Gasteiger partial charge >= 0.3 is 5.97 Å². The van der Waals surface area contributed by atoms with Crippen LogP contribution in [0, 0.1) is 0 Å². The highest BCUT2D eigenvalue weighted by atomic mass is 16.4. The van der Waals surface area contributed by atoms with Crippen molar-refractivity contribution in [3.8, 4) is 0 Å². The second kappa shape index (κ2) is 9.35. The van der Waals surface area contributed by atoms with Crippen molar-refractivity contribution in [3.05, 3.63) is 71.9 Å². The normalized spacial score (nSPS) is 12.5. The van der Waals surface area contributed by atoms with Gasteiger partial charge in [0, 0.05) is 36.2 Å². The SMILES string of the molecule is CCN(CCc1ccccc1)N[C@H](CC(=O)O)Cc1c[nH]c2ccccc12. The van der Waals surface area contributed by atoms with Gasteiger partial charge in [-0.15, -0.1) is 0 Å². The zero-order chi connectivity index (χ0) is 19.1. The molecule has 3 N–H and O–H groups in total. The van der Waals surface area contributed by atoms with Crippen LogP contribution in [0.2, 0.25) is 0 Å². The van der Waals surface area contributed by atoms with Crippen molar-refractivity contribution in [3.63, 3.8) is 0 Å². The summed E-state index contributed by atoms with van der Waals surface area (Å²) in [5.41, 5.74) is 6.95. The fraction of sp³-hybridized carbons (Fsp3) is 0.318. The molecule has 0 amide bonds. The number of hydrogen-bond acceptors (Lipinski definition) is 3. The van der Waals surface area contributed by atoms with Gasteiger partial charge in [-0.3, -0.25) is 10.2 Å². The maximum atomic E-state index is 11.4. The third kappa shape index (κ3) is 5.42. The first-order chi connectivity index (χ1) is 13.2. The van der Waals surface area contributed by atoms with Crippen LogP contribution in [0.5, 0.6) is 0 Å². The maximum absolute atomic E-state index is 11.4. The summed E-state index contributed by atoms with van der Waals surface area (Å²) in [6.45, 7) is 3.74. The number of nitrogens with zero attached hydrogens (tertiary/aromatic N) is 1. The van der Waals surface area contributed by atoms with E-state index >= 15 is 0 Å². The first-order valence-corrected chi connectivity index (χ1v) is 9.47. The van der Waals surface area contributed by atoms with Gasteiger partial charge in [-0.05, 0) is 30.0 Å². The molecule has 1 heterocycles. The lowest BCUT2D eigenvalue weighted by atomic mass is 10.0. The van der Waals surface area contributed by atoms with Gasteiger partial charge in [0.15, 0.2) is 0 Å². The molecular formula is C22H27N3O2. The number of carboxylic acids is 1. The van der Waals surface area contributed by atoms with Crippen molar-refractivity contribution >= 4 is 16.9 Å². The Bertz CT molecular complexity index is 860. The molecule has 0 aliphatic carbocycles. The van der Waals surface area contributed by atoms with E-state index in [1.165, 1.54) is 5.56 Å². The topological polar surface area (TPSA) is 68.4 Å². The molecule has 3 aromatic rings. The molecule has 142 valence electrons. The van der Waals surface area contributed by atoms with Crippen LogP contribution >= 0.6 is 0 Å². The van der Waals surface area contributed by atoms with Crippen LogP contribution in [-0.2, 0) is 17.6 Å². The van der Waals surface area contributed by atoms with Crippen molar-refractivity contribution in [2.24, 2.45) is 0 Å². The average Bonchev–Trinajstić information content (AvgIpc) is 3.08. The van der Waals surface area contributed by atoms with Crippen LogP contribution in [0.1, 0.15) is 24.5 Å². The van der Waals surface area contributed by atoms with Crippen molar-refractivity contribution in [1.82, 2.24) is 15.4 Å². The molecule has 0 spiro atoms. The number of likely N-dealkylation sites (N-methyl/N-ethyl adjacent to an activating group) is 1. The second-order valence-electron chi connectivity index (χ2n) is 6.80. The summed E-state index contributed by atoms with van der Waals surface area (Å²) in [6, 6.07) is 18.3. The van der Waals surface area contributed by atoms with Gasteiger partial charge in [-0.1, -0.05) is 55.5 Å². The lowest BCUT2D eigenvalue weighted by Gasteiger charge is -2.27. The molecule has 0 unspecified atom stereocenters. The summed E-state index contributed by atoms with van der Waals surface area (Å²) in [5.74, 6) is -0.786. The molecule has 0 aliphatic heterocycles. The third-order valence-corrected chi connectivity index (χ3v) is 4.82. The van der Waals surface area contributed by atoms with E-state index in [1.807, 2.05) is 42.6 Å². The molecule has 0 bridgehead atoms. The fourth-order valence-electron chi connectivity index (χ4n) is 3.42. The standard InChI is InChI=1S/C22H27N3O2/c1-2-25(13-12-17-8-4-3-5-9-17)24-19(15-22(26)27)14-18-16-23-21-11-7-6-10-20(18)21/h3-11,16,19,23-24H,2,12-15H2,1H3,(H,26,27)/t19-/m0/s1. The summed E-state index contributed by atoms with van der Waals surface area (Å²) in [4.78, 5) is 14.7. The summed E-state index contributed by atoms with van der Waals surface area (Å²) in [5, 5.41) is 12.6. The van der Waals surface area contributed by atoms with Gasteiger partial charge in [0.2, 0.25) is 0 Å². The highest BCUT2D eigenvalue weighted by Gasteiger charge is 2.18. The Morgan fingerprint density at radius 3 is 2.63 bits per heavy atom. The number of para-hydroxylation sites is 1. The quantitative estimate of drug-likeness (QED) is 0.480. The number of rotatable bonds is 10. The zero-order valence-electron chi connectivity index (χ0n) is 15.7. The molecule has 0 saturated heterocycles. The predicted octanol–water partition coefficient (Wildman–Crippen LogP) is 3.62. The third-order valence-electron chi connectivity index (χ3n) is 4.82. The highest BCUT2D eigenvalue weighted by Crippen LogP contribution is 2.20. The Kier molecular flexibility index (Phi) is 6.63. The van der Waals surface area contributed by atoms with Crippen molar-refractivity contribution < 1.29 is 9.90 Å². The van der Waals surface area contributed by atoms with Gasteiger partial charge in [0.05, 0.1) is 6.42 Å². The molecule has 5 nitrogen and oxygen atoms in total. The van der Waals surface area contributed by atoms with Gasteiger partial charge in [-0.25, -0.2) is 5.01 Å². The van der Waals surface area contributed by atoms with E-state index in [2.05, 4.69) is 40.5 Å². The fourth-order valence-corrected chi connectivity index (χ4v) is 3.42. The molecule has 0 aliphatic rings. The van der Waals surface area contributed by atoms with Crippen LogP contribution in [0.25, 0.3) is 10.9 Å². The number of carboxylic acid groups (broad SMARTS) is 1. The number of aliphatic carboxylic acids is 1. The van der Waals surface area contributed by atoms with Gasteiger partial charge in [-0.2, -0.15) is 0 Å². The number of aromatic nitrogens is 1. The van der Waals surface area contributed by atoms with E-state index in [-0.39, 0.29) is 12.5 Å². The molecule has 3 rings (SSSR count). The van der Waals surface area contributed by atoms with Crippen LogP contribution in [0.4, 0.5) is 0 Å². The van der Waals surface area contributed by atoms with Crippen molar-refractivity contribution in [1.29, 1.82) is 0 Å². The number of hydrazine groups is 1. The number of hydrogen-bond donors (Lipinski definition) is 3. The van der Waals surface area contributed by atoms with E-state index in [0.717, 1.165) is 36.0 Å². The highest BCUT2D eigenvalue weighted by molar-refractivity contribution is 5.83. The Labute approximate surface area is 160 Å². The lowest BCUT2D eigenvalue weighted by molar-refractivity contribution is -0.137. The number of benzene rings is 2. The van der Waals surface area contributed by atoms with E-state index in [9.17, 15) is 9.90 Å². The van der Waals surface area contributed by atoms with Crippen LogP contribution in [0.15, 0.2) is 60.8 Å². The Morgan fingerprint density at radius 2 is 1.89 bits per heavy atom. The number of aromatic amines is 1. The first-order valence-electron chi connectivity index (χ1n) is 9.47. The Balaban J connectivity index is 1.66. The van der Waals surface area contributed by atoms with Gasteiger partial charge in [0.25, 0.3) is 0 Å². The minimum atomic E-state index is -0.786. The minimum Gasteiger partial charge on any atom is -0.481 e.